The van der Waals surface area contributed by atoms with Crippen LogP contribution in [0.25, 0.3) is 0 Å². The smallest absolute Gasteiger partial charge is 0.317 e. The third-order valence-electron chi connectivity index (χ3n) is 5.16. The Hall–Kier alpha value is -2.89. The number of carbonyl (C=O) groups is 1. The number of anilines is 1. The number of methoxy groups -OCH3 is 1. The van der Waals surface area contributed by atoms with Crippen molar-refractivity contribution < 1.29 is 14.3 Å². The topological polar surface area (TPSA) is 54.0 Å². The summed E-state index contributed by atoms with van der Waals surface area (Å²) in [6, 6.07) is 14.0. The molecule has 6 nitrogen and oxygen atoms in total. The van der Waals surface area contributed by atoms with Crippen LogP contribution in [0.1, 0.15) is 30.9 Å². The van der Waals surface area contributed by atoms with E-state index in [9.17, 15) is 4.79 Å². The molecule has 0 atom stereocenters. The number of nitrogens with one attached hydrogen (secondary N) is 1. The first-order valence-electron chi connectivity index (χ1n) is 10.2. The zero-order valence-electron chi connectivity index (χ0n) is 17.6. The van der Waals surface area contributed by atoms with E-state index in [1.54, 1.807) is 12.0 Å². The van der Waals surface area contributed by atoms with Crippen LogP contribution in [0.5, 0.6) is 11.5 Å². The van der Waals surface area contributed by atoms with Crippen LogP contribution in [0.2, 0.25) is 0 Å². The minimum absolute atomic E-state index is 0.103. The molecule has 0 radical (unpaired) electrons. The molecule has 1 heterocycles. The fraction of sp³-hybridized carbons (Fsp3) is 0.435. The molecule has 156 valence electrons. The van der Waals surface area contributed by atoms with Crippen LogP contribution in [0.3, 0.4) is 0 Å². The summed E-state index contributed by atoms with van der Waals surface area (Å²) in [5.41, 5.74) is 3.38. The Kier molecular flexibility index (Phi) is 7.22. The Bertz CT molecular complexity index is 819. The van der Waals surface area contributed by atoms with Crippen molar-refractivity contribution in [2.75, 3.05) is 38.8 Å². The van der Waals surface area contributed by atoms with Gasteiger partial charge in [-0.1, -0.05) is 24.3 Å². The van der Waals surface area contributed by atoms with Crippen molar-refractivity contribution in [1.82, 2.24) is 10.2 Å². The van der Waals surface area contributed by atoms with Gasteiger partial charge in [-0.2, -0.15) is 0 Å². The van der Waals surface area contributed by atoms with Gasteiger partial charge in [-0.05, 0) is 49.1 Å². The lowest BCUT2D eigenvalue weighted by Crippen LogP contribution is -2.36. The fourth-order valence-electron chi connectivity index (χ4n) is 3.65. The third kappa shape index (κ3) is 5.34. The molecule has 1 saturated heterocycles. The molecule has 2 amide bonds. The second-order valence-electron chi connectivity index (χ2n) is 7.26. The minimum Gasteiger partial charge on any atom is -0.493 e. The van der Waals surface area contributed by atoms with E-state index in [0.717, 1.165) is 18.7 Å². The maximum atomic E-state index is 12.6. The van der Waals surface area contributed by atoms with Crippen molar-refractivity contribution in [3.05, 3.63) is 53.6 Å². The molecular weight excluding hydrogens is 366 g/mol. The van der Waals surface area contributed by atoms with Crippen LogP contribution in [-0.4, -0.2) is 44.8 Å². The van der Waals surface area contributed by atoms with Crippen molar-refractivity contribution in [2.45, 2.75) is 32.9 Å². The molecule has 29 heavy (non-hydrogen) atoms. The molecule has 0 aliphatic carbocycles. The zero-order chi connectivity index (χ0) is 20.6. The number of urea groups is 1. The van der Waals surface area contributed by atoms with Crippen LogP contribution >= 0.6 is 0 Å². The molecule has 1 aliphatic heterocycles. The monoisotopic (exact) mass is 397 g/mol. The summed E-state index contributed by atoms with van der Waals surface area (Å²) >= 11 is 0. The molecule has 1 fully saturated rings. The average Bonchev–Trinajstić information content (AvgIpc) is 3.28. The second-order valence-corrected chi connectivity index (χ2v) is 7.26. The number of amides is 2. The number of hydrogen-bond acceptors (Lipinski definition) is 4. The molecule has 6 heteroatoms. The Morgan fingerprint density at radius 3 is 2.62 bits per heavy atom. The minimum atomic E-state index is -0.103. The number of ether oxygens (including phenoxy) is 2. The molecule has 1 N–H and O–H groups in total. The molecule has 0 spiro atoms. The SMILES string of the molecule is CCOc1ccc(CNC(=O)N(C)Cc2ccccc2N2CCCC2)cc1OC. The zero-order valence-corrected chi connectivity index (χ0v) is 17.6. The van der Waals surface area contributed by atoms with E-state index in [1.807, 2.05) is 38.2 Å². The van der Waals surface area contributed by atoms with Gasteiger partial charge >= 0.3 is 6.03 Å². The summed E-state index contributed by atoms with van der Waals surface area (Å²) in [7, 11) is 3.45. The summed E-state index contributed by atoms with van der Waals surface area (Å²) in [6.07, 6.45) is 2.46. The fourth-order valence-corrected chi connectivity index (χ4v) is 3.65. The van der Waals surface area contributed by atoms with E-state index in [4.69, 9.17) is 9.47 Å². The normalized spacial score (nSPS) is 13.3. The molecule has 1 aliphatic rings. The van der Waals surface area contributed by atoms with Gasteiger partial charge < -0.3 is 24.6 Å². The van der Waals surface area contributed by atoms with E-state index < -0.39 is 0 Å². The summed E-state index contributed by atoms with van der Waals surface area (Å²) in [6.45, 7) is 5.70. The number of rotatable bonds is 8. The molecular formula is C23H31N3O3. The lowest BCUT2D eigenvalue weighted by molar-refractivity contribution is 0.206. The van der Waals surface area contributed by atoms with Crippen molar-refractivity contribution in [2.24, 2.45) is 0 Å². The summed E-state index contributed by atoms with van der Waals surface area (Å²) in [5.74, 6) is 1.38. The van der Waals surface area contributed by atoms with E-state index >= 15 is 0 Å². The van der Waals surface area contributed by atoms with Gasteiger partial charge in [-0.15, -0.1) is 0 Å². The van der Waals surface area contributed by atoms with Crippen LogP contribution in [0, 0.1) is 0 Å². The quantitative estimate of drug-likeness (QED) is 0.731. The average molecular weight is 398 g/mol. The van der Waals surface area contributed by atoms with Crippen molar-refractivity contribution in [3.8, 4) is 11.5 Å². The van der Waals surface area contributed by atoms with Gasteiger partial charge in [0.1, 0.15) is 0 Å². The van der Waals surface area contributed by atoms with Crippen molar-refractivity contribution in [3.63, 3.8) is 0 Å². The van der Waals surface area contributed by atoms with E-state index in [0.29, 0.717) is 31.2 Å². The number of carbonyl (C=O) groups excluding carboxylic acids is 1. The third-order valence-corrected chi connectivity index (χ3v) is 5.16. The Balaban J connectivity index is 1.59. The van der Waals surface area contributed by atoms with Gasteiger partial charge in [0.25, 0.3) is 0 Å². The number of para-hydroxylation sites is 1. The Labute approximate surface area is 173 Å². The molecule has 2 aromatic carbocycles. The first-order valence-corrected chi connectivity index (χ1v) is 10.2. The lowest BCUT2D eigenvalue weighted by atomic mass is 10.1. The highest BCUT2D eigenvalue weighted by Crippen LogP contribution is 2.28. The van der Waals surface area contributed by atoms with E-state index in [-0.39, 0.29) is 6.03 Å². The molecule has 0 aromatic heterocycles. The standard InChI is InChI=1S/C23H31N3O3/c1-4-29-21-12-11-18(15-22(21)28-3)16-24-23(27)25(2)17-19-9-5-6-10-20(19)26-13-7-8-14-26/h5-6,9-12,15H,4,7-8,13-14,16-17H2,1-3H3,(H,24,27). The highest BCUT2D eigenvalue weighted by molar-refractivity contribution is 5.74. The summed E-state index contributed by atoms with van der Waals surface area (Å²) < 4.78 is 10.9. The van der Waals surface area contributed by atoms with Gasteiger partial charge in [0.15, 0.2) is 11.5 Å². The van der Waals surface area contributed by atoms with Gasteiger partial charge in [-0.3, -0.25) is 0 Å². The predicted molar refractivity (Wildman–Crippen MR) is 116 cm³/mol. The number of nitrogens with zero attached hydrogens (tertiary/aromatic N) is 2. The molecule has 2 aromatic rings. The Morgan fingerprint density at radius 1 is 1.14 bits per heavy atom. The second kappa shape index (κ2) is 10.0. The first-order chi connectivity index (χ1) is 14.1. The lowest BCUT2D eigenvalue weighted by Gasteiger charge is -2.24. The van der Waals surface area contributed by atoms with Crippen LogP contribution in [0.4, 0.5) is 10.5 Å². The highest BCUT2D eigenvalue weighted by atomic mass is 16.5. The molecule has 0 saturated carbocycles. The van der Waals surface area contributed by atoms with Crippen LogP contribution in [-0.2, 0) is 13.1 Å². The van der Waals surface area contributed by atoms with Crippen LogP contribution < -0.4 is 19.7 Å². The molecule has 3 rings (SSSR count). The highest BCUT2D eigenvalue weighted by Gasteiger charge is 2.17. The number of benzene rings is 2. The predicted octanol–water partition coefficient (Wildman–Crippen LogP) is 4.04. The van der Waals surface area contributed by atoms with Gasteiger partial charge in [0, 0.05) is 38.9 Å². The van der Waals surface area contributed by atoms with Gasteiger partial charge in [-0.25, -0.2) is 4.79 Å². The van der Waals surface area contributed by atoms with Gasteiger partial charge in [0.2, 0.25) is 0 Å². The maximum absolute atomic E-state index is 12.6. The molecule has 0 bridgehead atoms. The number of hydrogen-bond donors (Lipinski definition) is 1. The summed E-state index contributed by atoms with van der Waals surface area (Å²) in [5, 5.41) is 2.99. The van der Waals surface area contributed by atoms with Gasteiger partial charge in [0.05, 0.1) is 13.7 Å². The van der Waals surface area contributed by atoms with Crippen molar-refractivity contribution in [1.29, 1.82) is 0 Å². The molecule has 0 unspecified atom stereocenters. The Morgan fingerprint density at radius 2 is 1.90 bits per heavy atom. The summed E-state index contributed by atoms with van der Waals surface area (Å²) in [4.78, 5) is 16.8. The van der Waals surface area contributed by atoms with E-state index in [1.165, 1.54) is 24.1 Å². The largest absolute Gasteiger partial charge is 0.493 e. The van der Waals surface area contributed by atoms with Crippen LogP contribution in [0.15, 0.2) is 42.5 Å². The first kappa shape index (κ1) is 20.8. The van der Waals surface area contributed by atoms with Crippen molar-refractivity contribution >= 4 is 11.7 Å². The maximum Gasteiger partial charge on any atom is 0.317 e. The van der Waals surface area contributed by atoms with E-state index in [2.05, 4.69) is 28.4 Å².